The van der Waals surface area contributed by atoms with Crippen LogP contribution in [0.5, 0.6) is 0 Å². The first kappa shape index (κ1) is 12.6. The van der Waals surface area contributed by atoms with Gasteiger partial charge in [0, 0.05) is 5.56 Å². The molecule has 0 aliphatic rings. The summed E-state index contributed by atoms with van der Waals surface area (Å²) in [7, 11) is -0.621. The summed E-state index contributed by atoms with van der Waals surface area (Å²) in [6, 6.07) is 6.80. The van der Waals surface area contributed by atoms with Gasteiger partial charge in [-0.15, -0.1) is 0 Å². The topological polar surface area (TPSA) is 43.4 Å². The Bertz CT molecular complexity index is 419. The smallest absolute Gasteiger partial charge is 0.338 e. The van der Waals surface area contributed by atoms with E-state index in [-0.39, 0.29) is 5.41 Å². The Labute approximate surface area is 96.4 Å². The van der Waals surface area contributed by atoms with Crippen molar-refractivity contribution in [1.82, 2.24) is 0 Å². The SMILES string of the molecule is COC(=O)c1ccccc1C(=O)[Si](C)(C)C. The maximum absolute atomic E-state index is 12.2. The predicted molar refractivity (Wildman–Crippen MR) is 65.5 cm³/mol. The molecule has 86 valence electrons. The Morgan fingerprint density at radius 2 is 1.56 bits per heavy atom. The average molecular weight is 236 g/mol. The summed E-state index contributed by atoms with van der Waals surface area (Å²) in [5.41, 5.74) is 0.839. The summed E-state index contributed by atoms with van der Waals surface area (Å²) in [5.74, 6) is -0.456. The van der Waals surface area contributed by atoms with E-state index in [2.05, 4.69) is 4.74 Å². The molecule has 16 heavy (non-hydrogen) atoms. The molecular formula is C12H16O3Si. The second-order valence-corrected chi connectivity index (χ2v) is 9.57. The Hall–Kier alpha value is -1.42. The van der Waals surface area contributed by atoms with Gasteiger partial charge in [0.1, 0.15) is 13.5 Å². The third-order valence-electron chi connectivity index (χ3n) is 2.26. The van der Waals surface area contributed by atoms with Crippen LogP contribution in [0.3, 0.4) is 0 Å². The predicted octanol–water partition coefficient (Wildman–Crippen LogP) is 2.53. The molecule has 0 amide bonds. The van der Waals surface area contributed by atoms with E-state index in [0.29, 0.717) is 11.1 Å². The minimum absolute atomic E-state index is 0.0773. The highest BCUT2D eigenvalue weighted by molar-refractivity contribution is 7.05. The van der Waals surface area contributed by atoms with Gasteiger partial charge in [-0.1, -0.05) is 37.8 Å². The van der Waals surface area contributed by atoms with Crippen molar-refractivity contribution in [3.05, 3.63) is 35.4 Å². The number of esters is 1. The molecule has 0 unspecified atom stereocenters. The number of carbonyl (C=O) groups excluding carboxylic acids is 2. The van der Waals surface area contributed by atoms with Crippen molar-refractivity contribution in [2.45, 2.75) is 19.6 Å². The Kier molecular flexibility index (Phi) is 3.65. The van der Waals surface area contributed by atoms with E-state index in [1.165, 1.54) is 7.11 Å². The zero-order valence-corrected chi connectivity index (χ0v) is 11.0. The minimum atomic E-state index is -1.94. The summed E-state index contributed by atoms with van der Waals surface area (Å²) in [4.78, 5) is 23.7. The molecule has 0 atom stereocenters. The molecule has 0 heterocycles. The highest BCUT2D eigenvalue weighted by atomic mass is 28.3. The van der Waals surface area contributed by atoms with Crippen molar-refractivity contribution in [2.24, 2.45) is 0 Å². The largest absolute Gasteiger partial charge is 0.465 e. The van der Waals surface area contributed by atoms with Gasteiger partial charge < -0.3 is 9.53 Å². The maximum atomic E-state index is 12.2. The molecule has 0 N–H and O–H groups in total. The number of ether oxygens (including phenoxy) is 1. The molecule has 0 saturated heterocycles. The quantitative estimate of drug-likeness (QED) is 0.598. The zero-order chi connectivity index (χ0) is 12.3. The second-order valence-electron chi connectivity index (χ2n) is 4.62. The molecule has 0 fully saturated rings. The van der Waals surface area contributed by atoms with E-state index in [9.17, 15) is 9.59 Å². The van der Waals surface area contributed by atoms with Gasteiger partial charge in [0.2, 0.25) is 0 Å². The minimum Gasteiger partial charge on any atom is -0.465 e. The molecule has 0 aliphatic carbocycles. The third kappa shape index (κ3) is 2.58. The van der Waals surface area contributed by atoms with Gasteiger partial charge in [-0.25, -0.2) is 4.79 Å². The number of rotatable bonds is 3. The van der Waals surface area contributed by atoms with Gasteiger partial charge in [0.15, 0.2) is 0 Å². The van der Waals surface area contributed by atoms with Crippen LogP contribution in [-0.4, -0.2) is 26.6 Å². The summed E-state index contributed by atoms with van der Waals surface area (Å²) < 4.78 is 4.66. The fraction of sp³-hybridized carbons (Fsp3) is 0.333. The number of hydrogen-bond acceptors (Lipinski definition) is 3. The van der Waals surface area contributed by atoms with E-state index in [4.69, 9.17) is 0 Å². The lowest BCUT2D eigenvalue weighted by Gasteiger charge is -2.16. The summed E-state index contributed by atoms with van der Waals surface area (Å²) in [6.45, 7) is 5.89. The first-order chi connectivity index (χ1) is 7.38. The molecule has 4 heteroatoms. The van der Waals surface area contributed by atoms with Crippen molar-refractivity contribution in [2.75, 3.05) is 7.11 Å². The summed E-state index contributed by atoms with van der Waals surface area (Å²) in [6.07, 6.45) is 0. The molecule has 1 rings (SSSR count). The standard InChI is InChI=1S/C12H16O3Si/c1-15-11(13)9-7-5-6-8-10(9)12(14)16(2,3)4/h5-8H,1-4H3. The van der Waals surface area contributed by atoms with Crippen molar-refractivity contribution in [3.8, 4) is 0 Å². The summed E-state index contributed by atoms with van der Waals surface area (Å²) in [5, 5.41) is 0.0773. The van der Waals surface area contributed by atoms with Crippen molar-refractivity contribution in [3.63, 3.8) is 0 Å². The first-order valence-electron chi connectivity index (χ1n) is 5.10. The second kappa shape index (κ2) is 4.61. The van der Waals surface area contributed by atoms with Gasteiger partial charge in [-0.2, -0.15) is 0 Å². The molecule has 0 spiro atoms. The number of methoxy groups -OCH3 is 1. The van der Waals surface area contributed by atoms with Crippen LogP contribution in [0.1, 0.15) is 20.7 Å². The summed E-state index contributed by atoms with van der Waals surface area (Å²) >= 11 is 0. The third-order valence-corrected chi connectivity index (χ3v) is 3.89. The molecule has 0 aromatic heterocycles. The maximum Gasteiger partial charge on any atom is 0.338 e. The molecule has 0 radical (unpaired) electrons. The molecule has 0 bridgehead atoms. The van der Waals surface area contributed by atoms with Crippen LogP contribution in [-0.2, 0) is 4.74 Å². The van der Waals surface area contributed by atoms with Crippen LogP contribution in [0, 0.1) is 0 Å². The van der Waals surface area contributed by atoms with E-state index >= 15 is 0 Å². The number of benzene rings is 1. The van der Waals surface area contributed by atoms with Gasteiger partial charge in [0.05, 0.1) is 12.7 Å². The van der Waals surface area contributed by atoms with Crippen LogP contribution in [0.25, 0.3) is 0 Å². The molecule has 3 nitrogen and oxygen atoms in total. The van der Waals surface area contributed by atoms with E-state index in [0.717, 1.165) is 0 Å². The van der Waals surface area contributed by atoms with Gasteiger partial charge in [0.25, 0.3) is 0 Å². The first-order valence-corrected chi connectivity index (χ1v) is 8.60. The molecular weight excluding hydrogens is 220 g/mol. The number of carbonyl (C=O) groups is 2. The van der Waals surface area contributed by atoms with Crippen LogP contribution in [0.15, 0.2) is 24.3 Å². The van der Waals surface area contributed by atoms with Crippen LogP contribution in [0.4, 0.5) is 0 Å². The van der Waals surface area contributed by atoms with Crippen LogP contribution >= 0.6 is 0 Å². The lowest BCUT2D eigenvalue weighted by Crippen LogP contribution is -2.34. The Morgan fingerprint density at radius 1 is 1.06 bits per heavy atom. The molecule has 1 aromatic carbocycles. The van der Waals surface area contributed by atoms with Gasteiger partial charge >= 0.3 is 5.97 Å². The lowest BCUT2D eigenvalue weighted by molar-refractivity contribution is 0.0598. The number of hydrogen-bond donors (Lipinski definition) is 0. The van der Waals surface area contributed by atoms with E-state index in [1.54, 1.807) is 24.3 Å². The monoisotopic (exact) mass is 236 g/mol. The van der Waals surface area contributed by atoms with Gasteiger partial charge in [-0.05, 0) is 6.07 Å². The Balaban J connectivity index is 3.24. The normalized spacial score (nSPS) is 11.0. The van der Waals surface area contributed by atoms with Crippen LogP contribution in [0.2, 0.25) is 19.6 Å². The van der Waals surface area contributed by atoms with Crippen molar-refractivity contribution >= 4 is 19.4 Å². The average Bonchev–Trinajstić information content (AvgIpc) is 2.25. The van der Waals surface area contributed by atoms with Crippen molar-refractivity contribution < 1.29 is 14.3 Å². The van der Waals surface area contributed by atoms with Crippen molar-refractivity contribution in [1.29, 1.82) is 0 Å². The molecule has 1 aromatic rings. The van der Waals surface area contributed by atoms with E-state index in [1.807, 2.05) is 19.6 Å². The fourth-order valence-corrected chi connectivity index (χ4v) is 2.40. The van der Waals surface area contributed by atoms with E-state index < -0.39 is 14.0 Å². The van der Waals surface area contributed by atoms with Crippen LogP contribution < -0.4 is 0 Å². The highest BCUT2D eigenvalue weighted by Crippen LogP contribution is 2.17. The van der Waals surface area contributed by atoms with Gasteiger partial charge in [-0.3, -0.25) is 0 Å². The lowest BCUT2D eigenvalue weighted by atomic mass is 10.1. The Morgan fingerprint density at radius 3 is 2.00 bits per heavy atom. The zero-order valence-electron chi connectivity index (χ0n) is 10.0. The fourth-order valence-electron chi connectivity index (χ4n) is 1.37. The molecule has 0 saturated carbocycles. The molecule has 0 aliphatic heterocycles. The highest BCUT2D eigenvalue weighted by Gasteiger charge is 2.28.